The van der Waals surface area contributed by atoms with Crippen molar-refractivity contribution in [2.75, 3.05) is 0 Å². The standard InChI is InChI=1S/C4H9.2Al.2O.2H/c1-3-4-2;;;;;;/h1,3-4H2,2H3;;;;;;. The quantitative estimate of drug-likeness (QED) is 0.490. The van der Waals surface area contributed by atoms with Crippen LogP contribution in [-0.2, 0) is 7.61 Å². The van der Waals surface area contributed by atoms with Gasteiger partial charge in [0.05, 0.1) is 0 Å². The summed E-state index contributed by atoms with van der Waals surface area (Å²) in [5.41, 5.74) is 0. The third-order valence-corrected chi connectivity index (χ3v) is 0.354. The Morgan fingerprint density at radius 1 is 1.25 bits per heavy atom. The molecule has 1 radical (unpaired) electrons. The van der Waals surface area contributed by atoms with E-state index < -0.39 is 0 Å². The number of hydrogen-bond donors (Lipinski definition) is 0. The Morgan fingerprint density at radius 2 is 1.38 bits per heavy atom. The molecule has 0 rings (SSSR count). The molecule has 0 aromatic heterocycles. The molecule has 0 saturated heterocycles. The first-order valence-corrected chi connectivity index (χ1v) is 3.44. The van der Waals surface area contributed by atoms with Crippen molar-refractivity contribution in [3.8, 4) is 0 Å². The van der Waals surface area contributed by atoms with E-state index >= 15 is 0 Å². The first-order valence-electron chi connectivity index (χ1n) is 2.28. The number of rotatable bonds is 1. The average Bonchev–Trinajstić information content (AvgIpc) is 1.96. The van der Waals surface area contributed by atoms with E-state index in [-0.39, 0.29) is 0 Å². The summed E-state index contributed by atoms with van der Waals surface area (Å²) in [5.74, 6) is 0. The molecule has 4 heteroatoms. The summed E-state index contributed by atoms with van der Waals surface area (Å²) in [5, 5.41) is 0. The molecule has 0 unspecified atom stereocenters. The Bertz CT molecular complexity index is 24.0. The number of hydrogen-bond acceptors (Lipinski definition) is 2. The Balaban J connectivity index is -0.0000000542. The molecule has 0 aliphatic carbocycles. The van der Waals surface area contributed by atoms with Crippen molar-refractivity contribution in [2.24, 2.45) is 0 Å². The fourth-order valence-electron chi connectivity index (χ4n) is 0. The maximum absolute atomic E-state index is 8.28. The predicted molar refractivity (Wildman–Crippen MR) is 35.9 cm³/mol. The van der Waals surface area contributed by atoms with Crippen molar-refractivity contribution in [1.29, 1.82) is 0 Å². The van der Waals surface area contributed by atoms with Crippen LogP contribution in [0.3, 0.4) is 0 Å². The first-order chi connectivity index (χ1) is 3.91. The first kappa shape index (κ1) is 15.9. The van der Waals surface area contributed by atoms with Crippen molar-refractivity contribution < 1.29 is 7.61 Å². The summed E-state index contributed by atoms with van der Waals surface area (Å²) in [6.45, 7) is 5.72. The van der Waals surface area contributed by atoms with E-state index in [9.17, 15) is 0 Å². The van der Waals surface area contributed by atoms with E-state index in [0.29, 0.717) is 32.4 Å². The van der Waals surface area contributed by atoms with Gasteiger partial charge in [-0.25, -0.2) is 0 Å². The molecule has 0 bridgehead atoms. The molecule has 0 heterocycles. The van der Waals surface area contributed by atoms with Gasteiger partial charge in [-0.05, 0) is 0 Å². The number of unbranched alkanes of at least 4 members (excludes halogenated alkanes) is 1. The van der Waals surface area contributed by atoms with Gasteiger partial charge in [-0.2, -0.15) is 0 Å². The predicted octanol–water partition coefficient (Wildman–Crippen LogP) is 0.0860. The summed E-state index contributed by atoms with van der Waals surface area (Å²) in [4.78, 5) is 0. The second-order valence-electron chi connectivity index (χ2n) is 0.854. The zero-order valence-corrected chi connectivity index (χ0v) is 8.18. The summed E-state index contributed by atoms with van der Waals surface area (Å²) >= 11 is 1.22. The van der Waals surface area contributed by atoms with Crippen molar-refractivity contribution >= 4 is 32.4 Å². The Labute approximate surface area is 66.9 Å². The Kier molecular flexibility index (Phi) is 95.1. The van der Waals surface area contributed by atoms with Gasteiger partial charge in [-0.15, -0.1) is 0 Å². The van der Waals surface area contributed by atoms with Crippen LogP contribution in [0.2, 0.25) is 0 Å². The van der Waals surface area contributed by atoms with Gasteiger partial charge in [0.2, 0.25) is 0 Å². The van der Waals surface area contributed by atoms with E-state index in [0.717, 1.165) is 6.42 Å². The van der Waals surface area contributed by atoms with Gasteiger partial charge in [0.25, 0.3) is 0 Å². The molecule has 0 spiro atoms. The Morgan fingerprint density at radius 3 is 1.38 bits per heavy atom. The van der Waals surface area contributed by atoms with Crippen LogP contribution in [-0.4, -0.2) is 32.4 Å². The van der Waals surface area contributed by atoms with Crippen molar-refractivity contribution in [3.05, 3.63) is 6.92 Å². The van der Waals surface area contributed by atoms with Gasteiger partial charge in [-0.3, -0.25) is 0 Å². The molecule has 0 N–H and O–H groups in total. The molecule has 2 nitrogen and oxygen atoms in total. The average molecular weight is 145 g/mol. The van der Waals surface area contributed by atoms with Crippen LogP contribution in [0.25, 0.3) is 0 Å². The second kappa shape index (κ2) is 47.9. The van der Waals surface area contributed by atoms with Crippen LogP contribution in [0.4, 0.5) is 0 Å². The molecule has 0 amide bonds. The molecule has 8 heavy (non-hydrogen) atoms. The summed E-state index contributed by atoms with van der Waals surface area (Å²) in [7, 11) is 0. The van der Waals surface area contributed by atoms with E-state index in [1.54, 1.807) is 0 Å². The fourth-order valence-corrected chi connectivity index (χ4v) is 0. The van der Waals surface area contributed by atoms with Crippen molar-refractivity contribution in [1.82, 2.24) is 0 Å². The molecule has 0 aromatic rings. The van der Waals surface area contributed by atoms with Crippen LogP contribution < -0.4 is 0 Å². The molecular weight excluding hydrogens is 134 g/mol. The van der Waals surface area contributed by atoms with Crippen molar-refractivity contribution in [2.45, 2.75) is 19.8 Å². The molecule has 0 saturated carbocycles. The third kappa shape index (κ3) is 77.2. The molecular formula is C4H11Al2O2. The van der Waals surface area contributed by atoms with E-state index in [1.165, 1.54) is 6.42 Å². The van der Waals surface area contributed by atoms with Gasteiger partial charge in [-0.1, -0.05) is 26.7 Å². The SMILES string of the molecule is [CH2]CCC.[O]=[AlH].[O]=[AlH]. The third-order valence-electron chi connectivity index (χ3n) is 0.354. The van der Waals surface area contributed by atoms with Crippen molar-refractivity contribution in [3.63, 3.8) is 0 Å². The molecule has 0 fully saturated rings. The molecule has 0 aliphatic heterocycles. The van der Waals surface area contributed by atoms with E-state index in [1.807, 2.05) is 0 Å². The summed E-state index contributed by atoms with van der Waals surface area (Å²) in [6.07, 6.45) is 2.28. The molecule has 0 aromatic carbocycles. The van der Waals surface area contributed by atoms with Crippen LogP contribution in [0.5, 0.6) is 0 Å². The van der Waals surface area contributed by atoms with Gasteiger partial charge < -0.3 is 0 Å². The molecule has 0 atom stereocenters. The monoisotopic (exact) mass is 145 g/mol. The van der Waals surface area contributed by atoms with E-state index in [4.69, 9.17) is 7.61 Å². The topological polar surface area (TPSA) is 34.1 Å². The minimum atomic E-state index is 0.611. The van der Waals surface area contributed by atoms with Crippen LogP contribution in [0.1, 0.15) is 19.8 Å². The van der Waals surface area contributed by atoms with E-state index in [2.05, 4.69) is 13.8 Å². The van der Waals surface area contributed by atoms with Gasteiger partial charge in [0.1, 0.15) is 0 Å². The second-order valence-corrected chi connectivity index (χ2v) is 0.854. The van der Waals surface area contributed by atoms with Gasteiger partial charge in [0.15, 0.2) is 0 Å². The zero-order valence-electron chi connectivity index (χ0n) is 5.35. The summed E-state index contributed by atoms with van der Waals surface area (Å²) < 4.78 is 16.6. The summed E-state index contributed by atoms with van der Waals surface area (Å²) in [6, 6.07) is 0. The van der Waals surface area contributed by atoms with Gasteiger partial charge in [0, 0.05) is 0 Å². The maximum atomic E-state index is 8.28. The fraction of sp³-hybridized carbons (Fsp3) is 0.750. The van der Waals surface area contributed by atoms with Gasteiger partial charge >= 0.3 is 40.1 Å². The Hall–Kier alpha value is 0.665. The molecule has 45 valence electrons. The zero-order chi connectivity index (χ0) is 7.41. The van der Waals surface area contributed by atoms with Crippen LogP contribution in [0, 0.1) is 6.92 Å². The van der Waals surface area contributed by atoms with Crippen LogP contribution >= 0.6 is 0 Å². The van der Waals surface area contributed by atoms with Crippen LogP contribution in [0.15, 0.2) is 0 Å². The molecule has 0 aliphatic rings. The minimum absolute atomic E-state index is 0.611. The normalized spacial score (nSPS) is 4.50.